The minimum atomic E-state index is -0.847. The lowest BCUT2D eigenvalue weighted by molar-refractivity contribution is -0.137. The number of carbonyl (C=O) groups is 1. The average Bonchev–Trinajstić information content (AvgIpc) is 2.68. The number of carboxylic acids is 1. The summed E-state index contributed by atoms with van der Waals surface area (Å²) < 4.78 is 0. The zero-order valence-electron chi connectivity index (χ0n) is 10.0. The van der Waals surface area contributed by atoms with Gasteiger partial charge < -0.3 is 15.8 Å². The van der Waals surface area contributed by atoms with Gasteiger partial charge in [-0.1, -0.05) is 17.7 Å². The van der Waals surface area contributed by atoms with E-state index >= 15 is 0 Å². The largest absolute Gasteiger partial charge is 0.481 e. The van der Waals surface area contributed by atoms with E-state index in [1.807, 2.05) is 25.1 Å². The fraction of sp³-hybridized carbons (Fsp3) is 0.308. The molecule has 0 amide bonds. The van der Waals surface area contributed by atoms with Crippen molar-refractivity contribution in [2.24, 2.45) is 5.73 Å². The lowest BCUT2D eigenvalue weighted by Crippen LogP contribution is -2.12. The molecule has 1 heterocycles. The molecule has 0 radical (unpaired) electrons. The van der Waals surface area contributed by atoms with Crippen molar-refractivity contribution >= 4 is 28.5 Å². The topological polar surface area (TPSA) is 79.1 Å². The highest BCUT2D eigenvalue weighted by Gasteiger charge is 2.14. The number of fused-ring (bicyclic) bond motifs is 1. The van der Waals surface area contributed by atoms with E-state index in [0.717, 1.165) is 22.2 Å². The van der Waals surface area contributed by atoms with Crippen LogP contribution >= 0.6 is 11.6 Å². The molecule has 4 N–H and O–H groups in total. The Hall–Kier alpha value is -1.52. The third-order valence-electron chi connectivity index (χ3n) is 2.97. The molecule has 0 aliphatic rings. The van der Waals surface area contributed by atoms with E-state index < -0.39 is 5.97 Å². The number of hydrogen-bond donors (Lipinski definition) is 3. The van der Waals surface area contributed by atoms with Crippen LogP contribution in [0.1, 0.15) is 30.1 Å². The maximum absolute atomic E-state index is 10.5. The van der Waals surface area contributed by atoms with Crippen molar-refractivity contribution in [2.45, 2.75) is 25.8 Å². The van der Waals surface area contributed by atoms with Gasteiger partial charge in [0.25, 0.3) is 0 Å². The smallest absolute Gasteiger partial charge is 0.303 e. The molecule has 2 rings (SSSR count). The minimum Gasteiger partial charge on any atom is -0.481 e. The summed E-state index contributed by atoms with van der Waals surface area (Å²) >= 11 is 6.32. The monoisotopic (exact) mass is 266 g/mol. The van der Waals surface area contributed by atoms with Crippen LogP contribution in [0.2, 0.25) is 5.02 Å². The number of aliphatic carboxylic acids is 1. The molecule has 0 bridgehead atoms. The normalized spacial score (nSPS) is 12.8. The summed E-state index contributed by atoms with van der Waals surface area (Å²) in [6.07, 6.45) is 0.422. The molecule has 18 heavy (non-hydrogen) atoms. The lowest BCUT2D eigenvalue weighted by Gasteiger charge is -2.13. The standard InChI is InChI=1S/C13H15ClN2O2/c1-7-6-9-11(16-7)4-2-8(13(9)14)10(15)3-5-12(17)18/h2,4,6,10,16H,3,5,15H2,1H3,(H,17,18). The molecule has 0 aliphatic carbocycles. The van der Waals surface area contributed by atoms with Crippen LogP contribution in [-0.4, -0.2) is 16.1 Å². The Morgan fingerprint density at radius 3 is 2.94 bits per heavy atom. The molecule has 96 valence electrons. The Morgan fingerprint density at radius 2 is 2.28 bits per heavy atom. The van der Waals surface area contributed by atoms with E-state index in [0.29, 0.717) is 11.4 Å². The maximum Gasteiger partial charge on any atom is 0.303 e. The summed E-state index contributed by atoms with van der Waals surface area (Å²) in [7, 11) is 0. The second-order valence-corrected chi connectivity index (χ2v) is 4.80. The fourth-order valence-corrected chi connectivity index (χ4v) is 2.41. The predicted octanol–water partition coefficient (Wildman–Crippen LogP) is 2.99. The molecule has 0 aliphatic heterocycles. The summed E-state index contributed by atoms with van der Waals surface area (Å²) in [6, 6.07) is 5.38. The number of nitrogens with two attached hydrogens (primary N) is 1. The molecule has 0 fully saturated rings. The number of aryl methyl sites for hydroxylation is 1. The van der Waals surface area contributed by atoms with Crippen LogP contribution in [0.25, 0.3) is 10.9 Å². The summed E-state index contributed by atoms with van der Waals surface area (Å²) in [4.78, 5) is 13.7. The molecule has 4 nitrogen and oxygen atoms in total. The van der Waals surface area contributed by atoms with Crippen molar-refractivity contribution in [3.63, 3.8) is 0 Å². The van der Waals surface area contributed by atoms with E-state index in [9.17, 15) is 4.79 Å². The first-order chi connectivity index (χ1) is 8.49. The van der Waals surface area contributed by atoms with Crippen molar-refractivity contribution in [3.8, 4) is 0 Å². The van der Waals surface area contributed by atoms with Gasteiger partial charge in [0.05, 0.1) is 5.02 Å². The zero-order chi connectivity index (χ0) is 13.3. The molecule has 0 spiro atoms. The van der Waals surface area contributed by atoms with Crippen molar-refractivity contribution in [3.05, 3.63) is 34.5 Å². The SMILES string of the molecule is Cc1cc2c(Cl)c(C(N)CCC(=O)O)ccc2[nH]1. The van der Waals surface area contributed by atoms with Gasteiger partial charge in [0, 0.05) is 29.1 Å². The molecule has 2 aromatic rings. The van der Waals surface area contributed by atoms with Crippen LogP contribution in [-0.2, 0) is 4.79 Å². The number of aromatic amines is 1. The second-order valence-electron chi connectivity index (χ2n) is 4.42. The van der Waals surface area contributed by atoms with Gasteiger partial charge in [-0.15, -0.1) is 0 Å². The number of H-pyrrole nitrogens is 1. The van der Waals surface area contributed by atoms with Crippen molar-refractivity contribution < 1.29 is 9.90 Å². The number of halogens is 1. The van der Waals surface area contributed by atoms with E-state index in [-0.39, 0.29) is 12.5 Å². The molecular weight excluding hydrogens is 252 g/mol. The summed E-state index contributed by atoms with van der Waals surface area (Å²) in [5.74, 6) is -0.847. The van der Waals surface area contributed by atoms with Gasteiger partial charge in [0.1, 0.15) is 0 Å². The minimum absolute atomic E-state index is 0.0434. The van der Waals surface area contributed by atoms with E-state index in [2.05, 4.69) is 4.98 Å². The quantitative estimate of drug-likeness (QED) is 0.796. The van der Waals surface area contributed by atoms with Crippen molar-refractivity contribution in [1.82, 2.24) is 4.98 Å². The Labute approximate surface area is 110 Å². The number of benzene rings is 1. The van der Waals surface area contributed by atoms with Crippen molar-refractivity contribution in [2.75, 3.05) is 0 Å². The average molecular weight is 267 g/mol. The Bertz CT molecular complexity index is 592. The third kappa shape index (κ3) is 2.49. The number of rotatable bonds is 4. The fourth-order valence-electron chi connectivity index (χ4n) is 2.05. The van der Waals surface area contributed by atoms with Gasteiger partial charge in [-0.2, -0.15) is 0 Å². The molecule has 0 saturated carbocycles. The maximum atomic E-state index is 10.5. The molecule has 1 aromatic carbocycles. The van der Waals surface area contributed by atoms with Crippen LogP contribution in [0.3, 0.4) is 0 Å². The van der Waals surface area contributed by atoms with Gasteiger partial charge in [-0.05, 0) is 31.0 Å². The number of nitrogens with one attached hydrogen (secondary N) is 1. The Kier molecular flexibility index (Phi) is 3.59. The van der Waals surface area contributed by atoms with Gasteiger partial charge in [0.15, 0.2) is 0 Å². The van der Waals surface area contributed by atoms with Crippen LogP contribution in [0.4, 0.5) is 0 Å². The summed E-state index contributed by atoms with van der Waals surface area (Å²) in [5, 5.41) is 10.2. The highest BCUT2D eigenvalue weighted by atomic mass is 35.5. The lowest BCUT2D eigenvalue weighted by atomic mass is 10.0. The Morgan fingerprint density at radius 1 is 1.56 bits per heavy atom. The first-order valence-corrected chi connectivity index (χ1v) is 6.12. The number of aromatic nitrogens is 1. The molecule has 1 unspecified atom stereocenters. The van der Waals surface area contributed by atoms with Crippen LogP contribution in [0.15, 0.2) is 18.2 Å². The molecular formula is C13H15ClN2O2. The first kappa shape index (κ1) is 12.9. The van der Waals surface area contributed by atoms with Gasteiger partial charge in [-0.25, -0.2) is 0 Å². The highest BCUT2D eigenvalue weighted by Crippen LogP contribution is 2.32. The predicted molar refractivity (Wildman–Crippen MR) is 71.8 cm³/mol. The second kappa shape index (κ2) is 5.00. The van der Waals surface area contributed by atoms with Crippen LogP contribution < -0.4 is 5.73 Å². The van der Waals surface area contributed by atoms with E-state index in [4.69, 9.17) is 22.4 Å². The number of hydrogen-bond acceptors (Lipinski definition) is 2. The molecule has 5 heteroatoms. The zero-order valence-corrected chi connectivity index (χ0v) is 10.8. The molecule has 0 saturated heterocycles. The summed E-state index contributed by atoms with van der Waals surface area (Å²) in [6.45, 7) is 1.96. The first-order valence-electron chi connectivity index (χ1n) is 5.74. The molecule has 1 aromatic heterocycles. The summed E-state index contributed by atoms with van der Waals surface area (Å²) in [5.41, 5.74) is 8.77. The molecule has 1 atom stereocenters. The van der Waals surface area contributed by atoms with Crippen LogP contribution in [0, 0.1) is 6.92 Å². The van der Waals surface area contributed by atoms with Gasteiger partial charge in [0.2, 0.25) is 0 Å². The van der Waals surface area contributed by atoms with E-state index in [1.165, 1.54) is 0 Å². The highest BCUT2D eigenvalue weighted by molar-refractivity contribution is 6.36. The van der Waals surface area contributed by atoms with Crippen molar-refractivity contribution in [1.29, 1.82) is 0 Å². The Balaban J connectivity index is 2.33. The van der Waals surface area contributed by atoms with Crippen LogP contribution in [0.5, 0.6) is 0 Å². The van der Waals surface area contributed by atoms with E-state index in [1.54, 1.807) is 0 Å². The third-order valence-corrected chi connectivity index (χ3v) is 3.39. The van der Waals surface area contributed by atoms with Gasteiger partial charge >= 0.3 is 5.97 Å². The number of carboxylic acid groups (broad SMARTS) is 1. The van der Waals surface area contributed by atoms with Gasteiger partial charge in [-0.3, -0.25) is 4.79 Å².